The standard InChI is InChI=1S/C12H19N3O3/c1-8-9(2)13-14-11(10(8)12(16)17)15(3)6-5-7-18-4/h5-7H2,1-4H3,(H,16,17). The molecule has 6 nitrogen and oxygen atoms in total. The molecule has 1 N–H and O–H groups in total. The summed E-state index contributed by atoms with van der Waals surface area (Å²) in [4.78, 5) is 13.1. The minimum Gasteiger partial charge on any atom is -0.478 e. The van der Waals surface area contributed by atoms with Crippen LogP contribution < -0.4 is 4.90 Å². The molecule has 1 aromatic rings. The Hall–Kier alpha value is -1.69. The van der Waals surface area contributed by atoms with Crippen molar-refractivity contribution in [2.45, 2.75) is 20.3 Å². The monoisotopic (exact) mass is 253 g/mol. The molecule has 18 heavy (non-hydrogen) atoms. The fourth-order valence-corrected chi connectivity index (χ4v) is 1.67. The average Bonchev–Trinajstić information content (AvgIpc) is 2.32. The van der Waals surface area contributed by atoms with Gasteiger partial charge in [-0.05, 0) is 25.8 Å². The van der Waals surface area contributed by atoms with Gasteiger partial charge in [0.25, 0.3) is 0 Å². The first kappa shape index (κ1) is 14.4. The lowest BCUT2D eigenvalue weighted by Gasteiger charge is -2.20. The van der Waals surface area contributed by atoms with Crippen molar-refractivity contribution in [1.82, 2.24) is 10.2 Å². The van der Waals surface area contributed by atoms with Crippen molar-refractivity contribution in [1.29, 1.82) is 0 Å². The number of hydrogen-bond acceptors (Lipinski definition) is 5. The molecule has 1 heterocycles. The zero-order valence-electron chi connectivity index (χ0n) is 11.2. The zero-order valence-corrected chi connectivity index (χ0v) is 11.2. The SMILES string of the molecule is COCCCN(C)c1nnc(C)c(C)c1C(=O)O. The van der Waals surface area contributed by atoms with E-state index in [1.54, 1.807) is 32.9 Å². The molecule has 6 heteroatoms. The summed E-state index contributed by atoms with van der Waals surface area (Å²) < 4.78 is 4.97. The van der Waals surface area contributed by atoms with Crippen LogP contribution in [0, 0.1) is 13.8 Å². The fraction of sp³-hybridized carbons (Fsp3) is 0.583. The number of methoxy groups -OCH3 is 1. The second-order valence-electron chi connectivity index (χ2n) is 4.18. The lowest BCUT2D eigenvalue weighted by Crippen LogP contribution is -2.25. The van der Waals surface area contributed by atoms with E-state index in [1.165, 1.54) is 0 Å². The molecule has 0 aromatic carbocycles. The van der Waals surface area contributed by atoms with Crippen LogP contribution in [-0.4, -0.2) is 48.6 Å². The molecule has 0 amide bonds. The number of anilines is 1. The Morgan fingerprint density at radius 3 is 2.61 bits per heavy atom. The van der Waals surface area contributed by atoms with E-state index in [1.807, 2.05) is 0 Å². The minimum absolute atomic E-state index is 0.224. The molecule has 0 aliphatic rings. The van der Waals surface area contributed by atoms with E-state index in [0.29, 0.717) is 30.2 Å². The Kier molecular flexibility index (Phi) is 5.03. The molecule has 0 spiro atoms. The van der Waals surface area contributed by atoms with Gasteiger partial charge in [0, 0.05) is 27.3 Å². The molecule has 100 valence electrons. The van der Waals surface area contributed by atoms with Gasteiger partial charge in [-0.1, -0.05) is 0 Å². The Morgan fingerprint density at radius 2 is 2.06 bits per heavy atom. The number of rotatable bonds is 6. The number of aryl methyl sites for hydroxylation is 1. The third kappa shape index (κ3) is 3.16. The third-order valence-electron chi connectivity index (χ3n) is 2.85. The molecule has 0 saturated carbocycles. The van der Waals surface area contributed by atoms with Crippen LogP contribution in [0.15, 0.2) is 0 Å². The smallest absolute Gasteiger partial charge is 0.339 e. The van der Waals surface area contributed by atoms with Gasteiger partial charge >= 0.3 is 5.97 Å². The summed E-state index contributed by atoms with van der Waals surface area (Å²) >= 11 is 0. The van der Waals surface area contributed by atoms with Gasteiger partial charge in [0.2, 0.25) is 0 Å². The average molecular weight is 253 g/mol. The predicted octanol–water partition coefficient (Wildman–Crippen LogP) is 1.26. The first-order valence-electron chi connectivity index (χ1n) is 5.76. The Labute approximate surface area is 107 Å². The lowest BCUT2D eigenvalue weighted by atomic mass is 10.1. The van der Waals surface area contributed by atoms with Gasteiger partial charge in [0.15, 0.2) is 5.82 Å². The Balaban J connectivity index is 3.01. The van der Waals surface area contributed by atoms with Crippen LogP contribution in [0.1, 0.15) is 28.0 Å². The largest absolute Gasteiger partial charge is 0.478 e. The summed E-state index contributed by atoms with van der Waals surface area (Å²) in [5, 5.41) is 17.3. The Morgan fingerprint density at radius 1 is 1.39 bits per heavy atom. The van der Waals surface area contributed by atoms with Gasteiger partial charge in [0.05, 0.1) is 5.69 Å². The second-order valence-corrected chi connectivity index (χ2v) is 4.18. The van der Waals surface area contributed by atoms with E-state index in [-0.39, 0.29) is 5.56 Å². The molecular formula is C12H19N3O3. The molecule has 0 aliphatic carbocycles. The van der Waals surface area contributed by atoms with Crippen LogP contribution in [-0.2, 0) is 4.74 Å². The van der Waals surface area contributed by atoms with Crippen molar-refractivity contribution in [2.24, 2.45) is 0 Å². The van der Waals surface area contributed by atoms with Crippen LogP contribution in [0.5, 0.6) is 0 Å². The molecule has 0 bridgehead atoms. The van der Waals surface area contributed by atoms with Crippen LogP contribution in [0.25, 0.3) is 0 Å². The fourth-order valence-electron chi connectivity index (χ4n) is 1.67. The molecule has 0 radical (unpaired) electrons. The van der Waals surface area contributed by atoms with Gasteiger partial charge < -0.3 is 14.7 Å². The van der Waals surface area contributed by atoms with Gasteiger partial charge in [-0.3, -0.25) is 0 Å². The van der Waals surface area contributed by atoms with Crippen molar-refractivity contribution < 1.29 is 14.6 Å². The number of ether oxygens (including phenoxy) is 1. The van der Waals surface area contributed by atoms with Gasteiger partial charge in [-0.25, -0.2) is 4.79 Å². The number of carbonyl (C=O) groups is 1. The highest BCUT2D eigenvalue weighted by Crippen LogP contribution is 2.21. The quantitative estimate of drug-likeness (QED) is 0.769. The van der Waals surface area contributed by atoms with Crippen molar-refractivity contribution in [3.63, 3.8) is 0 Å². The minimum atomic E-state index is -0.973. The molecular weight excluding hydrogens is 234 g/mol. The molecule has 0 unspecified atom stereocenters. The number of carboxylic acids is 1. The van der Waals surface area contributed by atoms with Crippen LogP contribution in [0.4, 0.5) is 5.82 Å². The highest BCUT2D eigenvalue weighted by atomic mass is 16.5. The molecule has 1 rings (SSSR count). The summed E-state index contributed by atoms with van der Waals surface area (Å²) in [6.07, 6.45) is 0.806. The van der Waals surface area contributed by atoms with Gasteiger partial charge in [0.1, 0.15) is 5.56 Å². The van der Waals surface area contributed by atoms with E-state index in [4.69, 9.17) is 4.74 Å². The number of carboxylic acid groups (broad SMARTS) is 1. The van der Waals surface area contributed by atoms with Crippen molar-refractivity contribution in [2.75, 3.05) is 32.2 Å². The highest BCUT2D eigenvalue weighted by molar-refractivity contribution is 5.95. The maximum absolute atomic E-state index is 11.3. The molecule has 0 atom stereocenters. The van der Waals surface area contributed by atoms with E-state index in [9.17, 15) is 9.90 Å². The van der Waals surface area contributed by atoms with E-state index >= 15 is 0 Å². The first-order valence-corrected chi connectivity index (χ1v) is 5.76. The van der Waals surface area contributed by atoms with E-state index in [2.05, 4.69) is 10.2 Å². The third-order valence-corrected chi connectivity index (χ3v) is 2.85. The topological polar surface area (TPSA) is 75.5 Å². The number of hydrogen-bond donors (Lipinski definition) is 1. The Bertz CT molecular complexity index is 435. The molecule has 0 fully saturated rings. The molecule has 1 aromatic heterocycles. The number of aromatic nitrogens is 2. The number of nitrogens with zero attached hydrogens (tertiary/aromatic N) is 3. The van der Waals surface area contributed by atoms with Crippen molar-refractivity contribution in [3.05, 3.63) is 16.8 Å². The highest BCUT2D eigenvalue weighted by Gasteiger charge is 2.20. The molecule has 0 saturated heterocycles. The van der Waals surface area contributed by atoms with Gasteiger partial charge in [-0.2, -0.15) is 5.10 Å². The normalized spacial score (nSPS) is 10.4. The molecule has 0 aliphatic heterocycles. The van der Waals surface area contributed by atoms with Crippen LogP contribution >= 0.6 is 0 Å². The van der Waals surface area contributed by atoms with Crippen molar-refractivity contribution in [3.8, 4) is 0 Å². The second kappa shape index (κ2) is 6.30. The van der Waals surface area contributed by atoms with Gasteiger partial charge in [-0.15, -0.1) is 5.10 Å². The maximum atomic E-state index is 11.3. The summed E-state index contributed by atoms with van der Waals surface area (Å²) in [7, 11) is 3.44. The summed E-state index contributed by atoms with van der Waals surface area (Å²) in [6.45, 7) is 4.81. The van der Waals surface area contributed by atoms with Crippen molar-refractivity contribution >= 4 is 11.8 Å². The van der Waals surface area contributed by atoms with Crippen LogP contribution in [0.3, 0.4) is 0 Å². The van der Waals surface area contributed by atoms with E-state index < -0.39 is 5.97 Å². The summed E-state index contributed by atoms with van der Waals surface area (Å²) in [5.41, 5.74) is 1.52. The zero-order chi connectivity index (χ0) is 13.7. The van der Waals surface area contributed by atoms with E-state index in [0.717, 1.165) is 6.42 Å². The lowest BCUT2D eigenvalue weighted by molar-refractivity contribution is 0.0696. The predicted molar refractivity (Wildman–Crippen MR) is 68.2 cm³/mol. The summed E-state index contributed by atoms with van der Waals surface area (Å²) in [6, 6.07) is 0. The first-order chi connectivity index (χ1) is 8.49. The van der Waals surface area contributed by atoms with Crippen LogP contribution in [0.2, 0.25) is 0 Å². The summed E-state index contributed by atoms with van der Waals surface area (Å²) in [5.74, 6) is -0.569. The maximum Gasteiger partial charge on any atom is 0.339 e. The number of aromatic carboxylic acids is 1.